The summed E-state index contributed by atoms with van der Waals surface area (Å²) in [5.74, 6) is -0.0438. The molecule has 0 aliphatic rings. The molecule has 0 aliphatic heterocycles. The molecule has 0 spiro atoms. The number of carbonyl (C=O) groups is 2. The quantitative estimate of drug-likeness (QED) is 0.0321. The Morgan fingerprint density at radius 3 is 0.971 bits per heavy atom. The van der Waals surface area contributed by atoms with Gasteiger partial charge in [0.1, 0.15) is 0 Å². The van der Waals surface area contributed by atoms with Gasteiger partial charge in [0.05, 0.1) is 25.4 Å². The molecule has 416 valence electrons. The second-order valence-corrected chi connectivity index (χ2v) is 22.1. The molecule has 0 aromatic carbocycles. The maximum absolute atomic E-state index is 12.4. The van der Waals surface area contributed by atoms with Gasteiger partial charge >= 0.3 is 5.97 Å². The van der Waals surface area contributed by atoms with Crippen molar-refractivity contribution < 1.29 is 24.5 Å². The van der Waals surface area contributed by atoms with Crippen molar-refractivity contribution >= 4 is 11.9 Å². The maximum Gasteiger partial charge on any atom is 0.305 e. The largest absolute Gasteiger partial charge is 0.466 e. The molecule has 0 bridgehead atoms. The smallest absolute Gasteiger partial charge is 0.305 e. The summed E-state index contributed by atoms with van der Waals surface area (Å²) in [6, 6.07) is -0.623. The highest BCUT2D eigenvalue weighted by molar-refractivity contribution is 5.76. The number of aliphatic hydroxyl groups is 2. The number of nitrogens with one attached hydrogen (secondary N) is 1. The number of esters is 1. The molecule has 6 nitrogen and oxygen atoms in total. The number of carbonyl (C=O) groups excluding carboxylic acids is 2. The van der Waals surface area contributed by atoms with Gasteiger partial charge in [-0.05, 0) is 32.1 Å². The highest BCUT2D eigenvalue weighted by atomic mass is 16.5. The zero-order valence-corrected chi connectivity index (χ0v) is 47.5. The van der Waals surface area contributed by atoms with Crippen molar-refractivity contribution in [3.05, 3.63) is 12.2 Å². The van der Waals surface area contributed by atoms with Crippen LogP contribution < -0.4 is 5.32 Å². The van der Waals surface area contributed by atoms with Gasteiger partial charge in [0.25, 0.3) is 0 Å². The van der Waals surface area contributed by atoms with Gasteiger partial charge in [-0.2, -0.15) is 0 Å². The van der Waals surface area contributed by atoms with Crippen LogP contribution in [0.25, 0.3) is 0 Å². The van der Waals surface area contributed by atoms with Crippen LogP contribution in [0.15, 0.2) is 12.2 Å². The first-order valence-electron chi connectivity index (χ1n) is 32.0. The Kier molecular flexibility index (Phi) is 59.0. The topological polar surface area (TPSA) is 95.9 Å². The number of unbranched alkanes of at least 4 members (excludes halogenated alkanes) is 49. The third-order valence-electron chi connectivity index (χ3n) is 15.1. The van der Waals surface area contributed by atoms with Gasteiger partial charge in [0, 0.05) is 12.8 Å². The first-order chi connectivity index (χ1) is 34.5. The van der Waals surface area contributed by atoms with Crippen LogP contribution in [0.3, 0.4) is 0 Å². The van der Waals surface area contributed by atoms with Crippen LogP contribution in [-0.4, -0.2) is 47.4 Å². The van der Waals surface area contributed by atoms with E-state index >= 15 is 0 Å². The van der Waals surface area contributed by atoms with Crippen molar-refractivity contribution in [2.75, 3.05) is 13.2 Å². The normalized spacial score (nSPS) is 12.6. The second kappa shape index (κ2) is 60.2. The van der Waals surface area contributed by atoms with E-state index in [1.165, 1.54) is 295 Å². The molecule has 0 radical (unpaired) electrons. The average molecular weight is 989 g/mol. The first-order valence-corrected chi connectivity index (χ1v) is 32.0. The minimum absolute atomic E-state index is 0.0211. The fourth-order valence-corrected chi connectivity index (χ4v) is 10.2. The Balaban J connectivity index is 3.32. The molecule has 70 heavy (non-hydrogen) atoms. The van der Waals surface area contributed by atoms with Gasteiger partial charge in [0.2, 0.25) is 5.91 Å². The Labute approximate surface area is 438 Å². The predicted molar refractivity (Wildman–Crippen MR) is 306 cm³/mol. The zero-order chi connectivity index (χ0) is 50.7. The summed E-state index contributed by atoms with van der Waals surface area (Å²) in [5.41, 5.74) is 0. The summed E-state index contributed by atoms with van der Waals surface area (Å²) in [6.45, 7) is 4.92. The van der Waals surface area contributed by atoms with Gasteiger partial charge in [-0.25, -0.2) is 0 Å². The zero-order valence-electron chi connectivity index (χ0n) is 47.5. The Bertz CT molecular complexity index is 1050. The van der Waals surface area contributed by atoms with E-state index in [4.69, 9.17) is 4.74 Å². The van der Waals surface area contributed by atoms with Gasteiger partial charge in [-0.1, -0.05) is 328 Å². The summed E-state index contributed by atoms with van der Waals surface area (Å²) in [4.78, 5) is 24.5. The third kappa shape index (κ3) is 55.9. The van der Waals surface area contributed by atoms with Crippen molar-refractivity contribution in [3.8, 4) is 0 Å². The molecule has 0 heterocycles. The molecular weight excluding hydrogens is 863 g/mol. The monoisotopic (exact) mass is 988 g/mol. The van der Waals surface area contributed by atoms with Crippen molar-refractivity contribution in [1.82, 2.24) is 5.32 Å². The number of allylic oxidation sites excluding steroid dienone is 1. The average Bonchev–Trinajstić information content (AvgIpc) is 3.36. The lowest BCUT2D eigenvalue weighted by atomic mass is 10.0. The molecule has 0 saturated carbocycles. The molecule has 2 unspecified atom stereocenters. The molecule has 1 amide bonds. The molecule has 0 aliphatic carbocycles. The van der Waals surface area contributed by atoms with E-state index < -0.39 is 12.1 Å². The van der Waals surface area contributed by atoms with E-state index in [0.29, 0.717) is 19.4 Å². The van der Waals surface area contributed by atoms with E-state index in [0.717, 1.165) is 38.5 Å². The molecule has 0 aromatic heterocycles. The molecule has 0 rings (SSSR count). The van der Waals surface area contributed by atoms with Crippen LogP contribution >= 0.6 is 0 Å². The van der Waals surface area contributed by atoms with Crippen molar-refractivity contribution in [1.29, 1.82) is 0 Å². The third-order valence-corrected chi connectivity index (χ3v) is 15.1. The molecule has 3 N–H and O–H groups in total. The number of amides is 1. The van der Waals surface area contributed by atoms with E-state index in [2.05, 4.69) is 19.2 Å². The van der Waals surface area contributed by atoms with E-state index in [-0.39, 0.29) is 18.5 Å². The van der Waals surface area contributed by atoms with Crippen LogP contribution in [0.1, 0.15) is 361 Å². The van der Waals surface area contributed by atoms with Crippen LogP contribution in [0, 0.1) is 0 Å². The molecular formula is C64H125NO5. The van der Waals surface area contributed by atoms with Crippen molar-refractivity contribution in [2.24, 2.45) is 0 Å². The summed E-state index contributed by atoms with van der Waals surface area (Å²) in [7, 11) is 0. The van der Waals surface area contributed by atoms with Crippen LogP contribution in [-0.2, 0) is 14.3 Å². The van der Waals surface area contributed by atoms with Crippen LogP contribution in [0.5, 0.6) is 0 Å². The summed E-state index contributed by atoms with van der Waals surface area (Å²) < 4.78 is 5.50. The number of aliphatic hydroxyl groups excluding tert-OH is 2. The van der Waals surface area contributed by atoms with Gasteiger partial charge < -0.3 is 20.3 Å². The van der Waals surface area contributed by atoms with Crippen LogP contribution in [0.4, 0.5) is 0 Å². The lowest BCUT2D eigenvalue weighted by Crippen LogP contribution is -2.45. The van der Waals surface area contributed by atoms with Crippen molar-refractivity contribution in [2.45, 2.75) is 373 Å². The highest BCUT2D eigenvalue weighted by Gasteiger charge is 2.18. The fraction of sp³-hybridized carbons (Fsp3) is 0.938. The first kappa shape index (κ1) is 68.6. The van der Waals surface area contributed by atoms with Gasteiger partial charge in [-0.15, -0.1) is 0 Å². The summed E-state index contributed by atoms with van der Waals surface area (Å²) >= 11 is 0. The molecule has 2 atom stereocenters. The van der Waals surface area contributed by atoms with E-state index in [9.17, 15) is 19.8 Å². The summed E-state index contributed by atoms with van der Waals surface area (Å²) in [5, 5.41) is 23.0. The molecule has 0 fully saturated rings. The molecule has 0 aromatic rings. The Hall–Kier alpha value is -1.40. The maximum atomic E-state index is 12.4. The van der Waals surface area contributed by atoms with Gasteiger partial charge in [-0.3, -0.25) is 9.59 Å². The lowest BCUT2D eigenvalue weighted by molar-refractivity contribution is -0.143. The molecule has 0 saturated heterocycles. The van der Waals surface area contributed by atoms with Gasteiger partial charge in [0.15, 0.2) is 0 Å². The Morgan fingerprint density at radius 1 is 0.386 bits per heavy atom. The molecule has 6 heteroatoms. The minimum Gasteiger partial charge on any atom is -0.466 e. The number of ether oxygens (including phenoxy) is 1. The highest BCUT2D eigenvalue weighted by Crippen LogP contribution is 2.18. The Morgan fingerprint density at radius 2 is 0.657 bits per heavy atom. The number of rotatable bonds is 60. The lowest BCUT2D eigenvalue weighted by Gasteiger charge is -2.20. The van der Waals surface area contributed by atoms with E-state index in [1.807, 2.05) is 6.08 Å². The van der Waals surface area contributed by atoms with E-state index in [1.54, 1.807) is 6.08 Å². The number of hydrogen-bond acceptors (Lipinski definition) is 5. The second-order valence-electron chi connectivity index (χ2n) is 22.1. The SMILES string of the molecule is CCCCCCCCCCC/C=C/C(O)C(CO)NC(=O)CCCCCCCCCCCCCCCCCCCCCCCCCCCCCOC(=O)CCCCCCCCCCCCCCCCC. The predicted octanol–water partition coefficient (Wildman–Crippen LogP) is 20.0. The fourth-order valence-electron chi connectivity index (χ4n) is 10.2. The standard InChI is InChI=1S/C64H125NO5/c1-3-5-7-9-11-13-15-16-30-34-38-42-46-50-54-58-64(69)70-59-55-51-47-43-39-35-32-29-27-25-23-21-19-17-18-20-22-24-26-28-31-33-37-41-45-49-53-57-63(68)65-61(60-66)62(67)56-52-48-44-40-36-14-12-10-8-6-4-2/h52,56,61-62,66-67H,3-51,53-55,57-60H2,1-2H3,(H,65,68)/b56-52+. The minimum atomic E-state index is -0.840. The summed E-state index contributed by atoms with van der Waals surface area (Å²) in [6.07, 6.45) is 72.7. The number of hydrogen-bond donors (Lipinski definition) is 3. The van der Waals surface area contributed by atoms with Crippen LogP contribution in [0.2, 0.25) is 0 Å². The van der Waals surface area contributed by atoms with Crippen molar-refractivity contribution in [3.63, 3.8) is 0 Å².